The number of hydrogen-bond donors (Lipinski definition) is 1. The predicted molar refractivity (Wildman–Crippen MR) is 91.0 cm³/mol. The summed E-state index contributed by atoms with van der Waals surface area (Å²) in [6.07, 6.45) is 0. The van der Waals surface area contributed by atoms with Gasteiger partial charge in [-0.05, 0) is 24.1 Å². The van der Waals surface area contributed by atoms with Crippen molar-refractivity contribution in [3.8, 4) is 11.1 Å². The molecule has 2 N–H and O–H groups in total. The van der Waals surface area contributed by atoms with E-state index < -0.39 is 5.91 Å². The average Bonchev–Trinajstić information content (AvgIpc) is 2.55. The van der Waals surface area contributed by atoms with Crippen molar-refractivity contribution in [2.45, 2.75) is 6.92 Å². The monoisotopic (exact) mass is 331 g/mol. The number of pyridine rings is 1. The van der Waals surface area contributed by atoms with E-state index in [0.717, 1.165) is 35.6 Å². The zero-order valence-corrected chi connectivity index (χ0v) is 13.6. The summed E-state index contributed by atoms with van der Waals surface area (Å²) in [5.74, 6) is 0.163. The Kier molecular flexibility index (Phi) is 4.50. The molecule has 1 amide bonds. The van der Waals surface area contributed by atoms with Crippen molar-refractivity contribution >= 4 is 23.3 Å². The molecule has 5 nitrogen and oxygen atoms in total. The number of aryl methyl sites for hydroxylation is 1. The van der Waals surface area contributed by atoms with Crippen molar-refractivity contribution < 1.29 is 9.53 Å². The summed E-state index contributed by atoms with van der Waals surface area (Å²) >= 11 is 6.28. The number of nitrogens with zero attached hydrogens (tertiary/aromatic N) is 2. The number of hydrogen-bond acceptors (Lipinski definition) is 4. The molecule has 1 saturated heterocycles. The fraction of sp³-hybridized carbons (Fsp3) is 0.294. The molecule has 23 heavy (non-hydrogen) atoms. The summed E-state index contributed by atoms with van der Waals surface area (Å²) in [5.41, 5.74) is 8.49. The second-order valence-electron chi connectivity index (χ2n) is 5.47. The summed E-state index contributed by atoms with van der Waals surface area (Å²) in [7, 11) is 0. The van der Waals surface area contributed by atoms with E-state index in [9.17, 15) is 4.79 Å². The van der Waals surface area contributed by atoms with Gasteiger partial charge in [0.15, 0.2) is 0 Å². The molecular formula is C17H18ClN3O2. The number of anilines is 1. The lowest BCUT2D eigenvalue weighted by Crippen LogP contribution is -2.37. The molecule has 0 atom stereocenters. The fourth-order valence-electron chi connectivity index (χ4n) is 2.78. The Hall–Kier alpha value is -2.11. The van der Waals surface area contributed by atoms with Crippen LogP contribution >= 0.6 is 11.6 Å². The van der Waals surface area contributed by atoms with Gasteiger partial charge in [-0.25, -0.2) is 4.98 Å². The summed E-state index contributed by atoms with van der Waals surface area (Å²) < 4.78 is 5.37. The van der Waals surface area contributed by atoms with Gasteiger partial charge in [0.1, 0.15) is 11.0 Å². The van der Waals surface area contributed by atoms with Gasteiger partial charge in [-0.2, -0.15) is 0 Å². The highest BCUT2D eigenvalue weighted by Crippen LogP contribution is 2.33. The lowest BCUT2D eigenvalue weighted by molar-refractivity contribution is 0.100. The number of ether oxygens (including phenoxy) is 1. The maximum Gasteiger partial charge on any atom is 0.252 e. The Morgan fingerprint density at radius 3 is 2.61 bits per heavy atom. The molecule has 2 aromatic rings. The standard InChI is InChI=1S/C17H18ClN3O2/c1-11-4-2-3-5-12(11)13-10-14(21-6-8-23-9-7-21)20-16(18)15(13)17(19)22/h2-5,10H,6-9H2,1H3,(H2,19,22). The van der Waals surface area contributed by atoms with Gasteiger partial charge < -0.3 is 15.4 Å². The van der Waals surface area contributed by atoms with Gasteiger partial charge in [0.2, 0.25) is 0 Å². The molecular weight excluding hydrogens is 314 g/mol. The van der Waals surface area contributed by atoms with Crippen molar-refractivity contribution in [3.63, 3.8) is 0 Å². The molecule has 0 saturated carbocycles. The molecule has 0 aliphatic carbocycles. The molecule has 0 bridgehead atoms. The van der Waals surface area contributed by atoms with E-state index in [0.29, 0.717) is 13.2 Å². The van der Waals surface area contributed by atoms with Crippen LogP contribution in [-0.2, 0) is 4.74 Å². The maximum absolute atomic E-state index is 11.9. The highest BCUT2D eigenvalue weighted by Gasteiger charge is 2.21. The molecule has 0 radical (unpaired) electrons. The minimum absolute atomic E-state index is 0.139. The van der Waals surface area contributed by atoms with Crippen molar-refractivity contribution in [3.05, 3.63) is 46.6 Å². The number of primary amides is 1. The van der Waals surface area contributed by atoms with Gasteiger partial charge in [-0.1, -0.05) is 35.9 Å². The summed E-state index contributed by atoms with van der Waals surface area (Å²) in [5, 5.41) is 0.139. The van der Waals surface area contributed by atoms with E-state index >= 15 is 0 Å². The average molecular weight is 332 g/mol. The Morgan fingerprint density at radius 1 is 1.26 bits per heavy atom. The van der Waals surface area contributed by atoms with Gasteiger partial charge in [-0.3, -0.25) is 4.79 Å². The molecule has 1 aromatic carbocycles. The largest absolute Gasteiger partial charge is 0.378 e. The predicted octanol–water partition coefficient (Wildman–Crippen LogP) is 2.65. The quantitative estimate of drug-likeness (QED) is 0.878. The zero-order chi connectivity index (χ0) is 16.4. The zero-order valence-electron chi connectivity index (χ0n) is 12.9. The first-order chi connectivity index (χ1) is 11.1. The number of morpholine rings is 1. The number of amides is 1. The van der Waals surface area contributed by atoms with Crippen molar-refractivity contribution in [2.75, 3.05) is 31.2 Å². The third-order valence-corrected chi connectivity index (χ3v) is 4.25. The molecule has 1 aliphatic rings. The van der Waals surface area contributed by atoms with Crippen LogP contribution in [0.5, 0.6) is 0 Å². The lowest BCUT2D eigenvalue weighted by atomic mass is 9.97. The number of benzene rings is 1. The molecule has 0 spiro atoms. The first-order valence-corrected chi connectivity index (χ1v) is 7.85. The van der Waals surface area contributed by atoms with E-state index in [2.05, 4.69) is 9.88 Å². The fourth-order valence-corrected chi connectivity index (χ4v) is 3.06. The Bertz CT molecular complexity index is 743. The Morgan fingerprint density at radius 2 is 1.96 bits per heavy atom. The van der Waals surface area contributed by atoms with Crippen LogP contribution in [0.4, 0.5) is 5.82 Å². The second-order valence-corrected chi connectivity index (χ2v) is 5.83. The van der Waals surface area contributed by atoms with E-state index in [1.807, 2.05) is 37.3 Å². The van der Waals surface area contributed by atoms with Crippen LogP contribution in [-0.4, -0.2) is 37.2 Å². The minimum Gasteiger partial charge on any atom is -0.378 e. The first-order valence-electron chi connectivity index (χ1n) is 7.47. The van der Waals surface area contributed by atoms with Crippen molar-refractivity contribution in [2.24, 2.45) is 5.73 Å². The molecule has 2 heterocycles. The normalized spacial score (nSPS) is 14.8. The lowest BCUT2D eigenvalue weighted by Gasteiger charge is -2.28. The maximum atomic E-state index is 11.9. The van der Waals surface area contributed by atoms with Gasteiger partial charge in [0.25, 0.3) is 5.91 Å². The number of halogens is 1. The molecule has 1 aromatic heterocycles. The third kappa shape index (κ3) is 3.16. The van der Waals surface area contributed by atoms with Gasteiger partial charge >= 0.3 is 0 Å². The molecule has 1 aliphatic heterocycles. The Labute approximate surface area is 140 Å². The molecule has 1 fully saturated rings. The topological polar surface area (TPSA) is 68.4 Å². The van der Waals surface area contributed by atoms with E-state index in [4.69, 9.17) is 22.1 Å². The van der Waals surface area contributed by atoms with E-state index in [-0.39, 0.29) is 10.7 Å². The Balaban J connectivity index is 2.16. The molecule has 3 rings (SSSR count). The molecule has 120 valence electrons. The number of nitrogens with two attached hydrogens (primary N) is 1. The van der Waals surface area contributed by atoms with Crippen LogP contribution in [0.15, 0.2) is 30.3 Å². The van der Waals surface area contributed by atoms with Crippen LogP contribution in [0, 0.1) is 6.92 Å². The second kappa shape index (κ2) is 6.56. The highest BCUT2D eigenvalue weighted by molar-refractivity contribution is 6.33. The smallest absolute Gasteiger partial charge is 0.252 e. The van der Waals surface area contributed by atoms with Gasteiger partial charge in [-0.15, -0.1) is 0 Å². The molecule has 0 unspecified atom stereocenters. The van der Waals surface area contributed by atoms with Crippen LogP contribution in [0.2, 0.25) is 5.15 Å². The number of aromatic nitrogens is 1. The van der Waals surface area contributed by atoms with Crippen LogP contribution in [0.1, 0.15) is 15.9 Å². The van der Waals surface area contributed by atoms with Crippen molar-refractivity contribution in [1.82, 2.24) is 4.98 Å². The highest BCUT2D eigenvalue weighted by atomic mass is 35.5. The first kappa shape index (κ1) is 15.8. The van der Waals surface area contributed by atoms with Crippen LogP contribution in [0.25, 0.3) is 11.1 Å². The number of carbonyl (C=O) groups is 1. The van der Waals surface area contributed by atoms with Crippen LogP contribution in [0.3, 0.4) is 0 Å². The number of carbonyl (C=O) groups excluding carboxylic acids is 1. The van der Waals surface area contributed by atoms with Gasteiger partial charge in [0.05, 0.1) is 18.8 Å². The van der Waals surface area contributed by atoms with Gasteiger partial charge in [0, 0.05) is 18.7 Å². The third-order valence-electron chi connectivity index (χ3n) is 3.98. The molecule has 6 heteroatoms. The van der Waals surface area contributed by atoms with Crippen molar-refractivity contribution in [1.29, 1.82) is 0 Å². The van der Waals surface area contributed by atoms with Crippen LogP contribution < -0.4 is 10.6 Å². The van der Waals surface area contributed by atoms with E-state index in [1.165, 1.54) is 0 Å². The summed E-state index contributed by atoms with van der Waals surface area (Å²) in [4.78, 5) is 18.3. The minimum atomic E-state index is -0.575. The summed E-state index contributed by atoms with van der Waals surface area (Å²) in [6.45, 7) is 4.77. The number of rotatable bonds is 3. The SMILES string of the molecule is Cc1ccccc1-c1cc(N2CCOCC2)nc(Cl)c1C(N)=O. The van der Waals surface area contributed by atoms with E-state index in [1.54, 1.807) is 0 Å². The summed E-state index contributed by atoms with van der Waals surface area (Å²) in [6, 6.07) is 9.71.